The first kappa shape index (κ1) is 11.5. The zero-order chi connectivity index (χ0) is 10.6. The quantitative estimate of drug-likeness (QED) is 0.730. The minimum absolute atomic E-state index is 0.455. The van der Waals surface area contributed by atoms with Crippen molar-refractivity contribution in [3.63, 3.8) is 0 Å². The summed E-state index contributed by atoms with van der Waals surface area (Å²) in [6, 6.07) is 4.86. The summed E-state index contributed by atoms with van der Waals surface area (Å²) >= 11 is 1.87. The first-order valence-corrected chi connectivity index (χ1v) is 5.89. The predicted molar refractivity (Wildman–Crippen MR) is 64.9 cm³/mol. The molecule has 14 heavy (non-hydrogen) atoms. The molecule has 0 fully saturated rings. The Morgan fingerprint density at radius 3 is 2.71 bits per heavy atom. The van der Waals surface area contributed by atoms with E-state index >= 15 is 0 Å². The van der Waals surface area contributed by atoms with Crippen molar-refractivity contribution in [2.24, 2.45) is 0 Å². The highest BCUT2D eigenvalue weighted by molar-refractivity contribution is 7.12. The van der Waals surface area contributed by atoms with Crippen LogP contribution in [0.5, 0.6) is 0 Å². The van der Waals surface area contributed by atoms with E-state index < -0.39 is 0 Å². The van der Waals surface area contributed by atoms with Crippen LogP contribution in [0.25, 0.3) is 0 Å². The molecule has 0 aliphatic carbocycles. The molecule has 0 aliphatic heterocycles. The van der Waals surface area contributed by atoms with Crippen molar-refractivity contribution in [3.8, 4) is 0 Å². The number of hydrogen-bond acceptors (Lipinski definition) is 2. The van der Waals surface area contributed by atoms with E-state index in [-0.39, 0.29) is 0 Å². The molecule has 0 saturated carbocycles. The van der Waals surface area contributed by atoms with Gasteiger partial charge in [-0.2, -0.15) is 0 Å². The van der Waals surface area contributed by atoms with E-state index in [0.717, 1.165) is 13.0 Å². The standard InChI is InChI=1S/C12H19NS/c1-5-13-11(8-9(2)3)12-7-6-10(4)14-12/h6-7,11,13H,2,5,8H2,1,3-4H3. The van der Waals surface area contributed by atoms with Gasteiger partial charge in [-0.1, -0.05) is 12.5 Å². The van der Waals surface area contributed by atoms with Gasteiger partial charge < -0.3 is 5.32 Å². The van der Waals surface area contributed by atoms with E-state index in [1.807, 2.05) is 11.3 Å². The van der Waals surface area contributed by atoms with Gasteiger partial charge in [0.25, 0.3) is 0 Å². The molecule has 1 unspecified atom stereocenters. The summed E-state index contributed by atoms with van der Waals surface area (Å²) < 4.78 is 0. The lowest BCUT2D eigenvalue weighted by Gasteiger charge is -2.16. The summed E-state index contributed by atoms with van der Waals surface area (Å²) in [6.45, 7) is 11.4. The number of thiophene rings is 1. The molecule has 1 aromatic rings. The van der Waals surface area contributed by atoms with Crippen LogP contribution in [0.1, 0.15) is 36.1 Å². The van der Waals surface area contributed by atoms with Gasteiger partial charge in [0.2, 0.25) is 0 Å². The summed E-state index contributed by atoms with van der Waals surface area (Å²) in [7, 11) is 0. The number of aryl methyl sites for hydroxylation is 1. The Hall–Kier alpha value is -0.600. The van der Waals surface area contributed by atoms with Gasteiger partial charge in [0, 0.05) is 15.8 Å². The van der Waals surface area contributed by atoms with E-state index in [9.17, 15) is 0 Å². The zero-order valence-corrected chi connectivity index (χ0v) is 10.1. The van der Waals surface area contributed by atoms with Gasteiger partial charge in [-0.15, -0.1) is 17.9 Å². The molecule has 1 nitrogen and oxygen atoms in total. The Labute approximate surface area is 90.9 Å². The highest BCUT2D eigenvalue weighted by Crippen LogP contribution is 2.26. The summed E-state index contributed by atoms with van der Waals surface area (Å²) in [6.07, 6.45) is 1.04. The molecular formula is C12H19NS. The molecular weight excluding hydrogens is 190 g/mol. The SMILES string of the molecule is C=C(C)CC(NCC)c1ccc(C)s1. The fourth-order valence-corrected chi connectivity index (χ4v) is 2.46. The molecule has 1 heterocycles. The van der Waals surface area contributed by atoms with E-state index in [4.69, 9.17) is 0 Å². The third-order valence-corrected chi connectivity index (χ3v) is 3.22. The maximum Gasteiger partial charge on any atom is 0.0452 e. The van der Waals surface area contributed by atoms with Crippen LogP contribution in [0.15, 0.2) is 24.3 Å². The van der Waals surface area contributed by atoms with Crippen molar-refractivity contribution >= 4 is 11.3 Å². The Bertz CT molecular complexity index is 301. The Morgan fingerprint density at radius 2 is 2.29 bits per heavy atom. The highest BCUT2D eigenvalue weighted by atomic mass is 32.1. The minimum Gasteiger partial charge on any atom is -0.309 e. The second-order valence-corrected chi connectivity index (χ2v) is 5.04. The van der Waals surface area contributed by atoms with E-state index in [2.05, 4.69) is 44.8 Å². The van der Waals surface area contributed by atoms with Crippen molar-refractivity contribution in [1.29, 1.82) is 0 Å². The zero-order valence-electron chi connectivity index (χ0n) is 9.26. The summed E-state index contributed by atoms with van der Waals surface area (Å²) in [5.74, 6) is 0. The molecule has 1 rings (SSSR count). The van der Waals surface area contributed by atoms with Gasteiger partial charge in [0.05, 0.1) is 0 Å². The Morgan fingerprint density at radius 1 is 1.57 bits per heavy atom. The molecule has 0 spiro atoms. The van der Waals surface area contributed by atoms with Crippen LogP contribution in [0.3, 0.4) is 0 Å². The third kappa shape index (κ3) is 3.28. The molecule has 2 heteroatoms. The van der Waals surface area contributed by atoms with Crippen molar-refractivity contribution in [3.05, 3.63) is 34.0 Å². The highest BCUT2D eigenvalue weighted by Gasteiger charge is 2.11. The smallest absolute Gasteiger partial charge is 0.0452 e. The van der Waals surface area contributed by atoms with Crippen LogP contribution in [-0.4, -0.2) is 6.54 Å². The summed E-state index contributed by atoms with van der Waals surface area (Å²) in [5.41, 5.74) is 1.24. The average Bonchev–Trinajstić information content (AvgIpc) is 2.50. The maximum absolute atomic E-state index is 3.97. The topological polar surface area (TPSA) is 12.0 Å². The molecule has 0 saturated heterocycles. The third-order valence-electron chi connectivity index (χ3n) is 2.11. The molecule has 0 bridgehead atoms. The van der Waals surface area contributed by atoms with E-state index in [1.165, 1.54) is 15.3 Å². The van der Waals surface area contributed by atoms with E-state index in [1.54, 1.807) is 0 Å². The van der Waals surface area contributed by atoms with Crippen LogP contribution in [0.4, 0.5) is 0 Å². The lowest BCUT2D eigenvalue weighted by Crippen LogP contribution is -2.20. The Balaban J connectivity index is 2.71. The summed E-state index contributed by atoms with van der Waals surface area (Å²) in [5, 5.41) is 3.49. The molecule has 1 atom stereocenters. The van der Waals surface area contributed by atoms with Gasteiger partial charge in [0.15, 0.2) is 0 Å². The van der Waals surface area contributed by atoms with Crippen LogP contribution >= 0.6 is 11.3 Å². The maximum atomic E-state index is 3.97. The van der Waals surface area contributed by atoms with Gasteiger partial charge in [0.1, 0.15) is 0 Å². The number of nitrogens with one attached hydrogen (secondary N) is 1. The predicted octanol–water partition coefficient (Wildman–Crippen LogP) is 3.67. The lowest BCUT2D eigenvalue weighted by atomic mass is 10.1. The van der Waals surface area contributed by atoms with Crippen molar-refractivity contribution in [2.75, 3.05) is 6.54 Å². The number of rotatable bonds is 5. The molecule has 0 aromatic carbocycles. The first-order chi connectivity index (χ1) is 6.63. The second kappa shape index (κ2) is 5.32. The Kier molecular flexibility index (Phi) is 4.36. The van der Waals surface area contributed by atoms with Gasteiger partial charge in [-0.25, -0.2) is 0 Å². The van der Waals surface area contributed by atoms with Gasteiger partial charge in [-0.05, 0) is 38.9 Å². The van der Waals surface area contributed by atoms with Crippen LogP contribution in [0, 0.1) is 6.92 Å². The summed E-state index contributed by atoms with van der Waals surface area (Å²) in [4.78, 5) is 2.80. The molecule has 0 radical (unpaired) electrons. The molecule has 0 amide bonds. The van der Waals surface area contributed by atoms with Crippen molar-refractivity contribution in [2.45, 2.75) is 33.2 Å². The molecule has 78 valence electrons. The first-order valence-electron chi connectivity index (χ1n) is 5.07. The van der Waals surface area contributed by atoms with E-state index in [0.29, 0.717) is 6.04 Å². The fraction of sp³-hybridized carbons (Fsp3) is 0.500. The average molecular weight is 209 g/mol. The molecule has 1 N–H and O–H groups in total. The van der Waals surface area contributed by atoms with Crippen molar-refractivity contribution in [1.82, 2.24) is 5.32 Å². The lowest BCUT2D eigenvalue weighted by molar-refractivity contribution is 0.556. The minimum atomic E-state index is 0.455. The second-order valence-electron chi connectivity index (χ2n) is 3.72. The molecule has 0 aliphatic rings. The van der Waals surface area contributed by atoms with Crippen molar-refractivity contribution < 1.29 is 0 Å². The normalized spacial score (nSPS) is 12.8. The fourth-order valence-electron chi connectivity index (χ4n) is 1.51. The largest absolute Gasteiger partial charge is 0.309 e. The molecule has 1 aromatic heterocycles. The van der Waals surface area contributed by atoms with Crippen LogP contribution < -0.4 is 5.32 Å². The monoisotopic (exact) mass is 209 g/mol. The van der Waals surface area contributed by atoms with Crippen LogP contribution in [-0.2, 0) is 0 Å². The van der Waals surface area contributed by atoms with Crippen LogP contribution in [0.2, 0.25) is 0 Å². The number of hydrogen-bond donors (Lipinski definition) is 1. The van der Waals surface area contributed by atoms with Gasteiger partial charge in [-0.3, -0.25) is 0 Å². The van der Waals surface area contributed by atoms with Gasteiger partial charge >= 0.3 is 0 Å².